The first-order valence-electron chi connectivity index (χ1n) is 4.75. The highest BCUT2D eigenvalue weighted by Gasteiger charge is 2.09. The molecule has 0 unspecified atom stereocenters. The maximum Gasteiger partial charge on any atom is 0.169 e. The van der Waals surface area contributed by atoms with E-state index in [0.717, 1.165) is 6.54 Å². The van der Waals surface area contributed by atoms with Gasteiger partial charge < -0.3 is 9.64 Å². The number of halogens is 2. The lowest BCUT2D eigenvalue weighted by Gasteiger charge is -2.16. The zero-order valence-corrected chi connectivity index (χ0v) is 9.72. The first kappa shape index (κ1) is 12.3. The van der Waals surface area contributed by atoms with Gasteiger partial charge in [0.1, 0.15) is 0 Å². The van der Waals surface area contributed by atoms with E-state index in [1.165, 1.54) is 7.11 Å². The third-order valence-corrected chi connectivity index (χ3v) is 2.34. The first-order chi connectivity index (χ1) is 7.19. The molecule has 0 fully saturated rings. The second-order valence-electron chi connectivity index (χ2n) is 3.36. The van der Waals surface area contributed by atoms with Crippen LogP contribution < -0.4 is 4.74 Å². The quantitative estimate of drug-likeness (QED) is 0.722. The maximum absolute atomic E-state index is 13.7. The van der Waals surface area contributed by atoms with Crippen molar-refractivity contribution in [3.05, 3.63) is 29.6 Å². The molecule has 1 aromatic rings. The number of benzene rings is 1. The molecule has 0 aliphatic rings. The Morgan fingerprint density at radius 1 is 1.47 bits per heavy atom. The van der Waals surface area contributed by atoms with Crippen molar-refractivity contribution < 1.29 is 9.13 Å². The van der Waals surface area contributed by atoms with Gasteiger partial charge in [-0.2, -0.15) is 0 Å². The highest BCUT2D eigenvalue weighted by Crippen LogP contribution is 2.20. The average molecular weight is 232 g/mol. The summed E-state index contributed by atoms with van der Waals surface area (Å²) >= 11 is 5.60. The number of alkyl halides is 1. The molecule has 0 heterocycles. The summed E-state index contributed by atoms with van der Waals surface area (Å²) in [5, 5.41) is 0. The summed E-state index contributed by atoms with van der Waals surface area (Å²) in [6.45, 7) is 1.27. The second-order valence-corrected chi connectivity index (χ2v) is 3.74. The van der Waals surface area contributed by atoms with Crippen molar-refractivity contribution >= 4 is 11.6 Å². The minimum absolute atomic E-state index is 0.284. The summed E-state index contributed by atoms with van der Waals surface area (Å²) < 4.78 is 18.6. The van der Waals surface area contributed by atoms with Gasteiger partial charge in [-0.05, 0) is 13.1 Å². The molecule has 0 aromatic heterocycles. The smallest absolute Gasteiger partial charge is 0.169 e. The van der Waals surface area contributed by atoms with Crippen LogP contribution in [0, 0.1) is 5.82 Å². The molecule has 0 aliphatic heterocycles. The van der Waals surface area contributed by atoms with Gasteiger partial charge in [-0.3, -0.25) is 0 Å². The molecule has 15 heavy (non-hydrogen) atoms. The lowest BCUT2D eigenvalue weighted by molar-refractivity contribution is 0.333. The van der Waals surface area contributed by atoms with Crippen LogP contribution in [0.15, 0.2) is 18.2 Å². The highest BCUT2D eigenvalue weighted by molar-refractivity contribution is 6.18. The molecule has 0 spiro atoms. The summed E-state index contributed by atoms with van der Waals surface area (Å²) in [6, 6.07) is 5.15. The van der Waals surface area contributed by atoms with Crippen molar-refractivity contribution in [2.45, 2.75) is 6.54 Å². The summed E-state index contributed by atoms with van der Waals surface area (Å²) in [6.07, 6.45) is 0. The standard InChI is InChI=1S/C11H15ClFNO/c1-14(7-6-12)8-9-4-3-5-10(15-2)11(9)13/h3-5H,6-8H2,1-2H3. The minimum atomic E-state index is -0.290. The lowest BCUT2D eigenvalue weighted by atomic mass is 10.2. The zero-order valence-electron chi connectivity index (χ0n) is 8.96. The molecule has 0 radical (unpaired) electrons. The lowest BCUT2D eigenvalue weighted by Crippen LogP contribution is -2.20. The van der Waals surface area contributed by atoms with Gasteiger partial charge in [0.15, 0.2) is 11.6 Å². The summed E-state index contributed by atoms with van der Waals surface area (Å²) in [5.74, 6) is 0.537. The van der Waals surface area contributed by atoms with Crippen LogP contribution in [0.3, 0.4) is 0 Å². The van der Waals surface area contributed by atoms with E-state index >= 15 is 0 Å². The van der Waals surface area contributed by atoms with E-state index in [2.05, 4.69) is 0 Å². The van der Waals surface area contributed by atoms with Crippen molar-refractivity contribution in [2.24, 2.45) is 0 Å². The van der Waals surface area contributed by atoms with Crippen LogP contribution in [-0.2, 0) is 6.54 Å². The summed E-state index contributed by atoms with van der Waals surface area (Å²) in [5.41, 5.74) is 0.627. The fraction of sp³-hybridized carbons (Fsp3) is 0.455. The first-order valence-corrected chi connectivity index (χ1v) is 5.28. The van der Waals surface area contributed by atoms with Crippen LogP contribution in [0.5, 0.6) is 5.75 Å². The fourth-order valence-corrected chi connectivity index (χ4v) is 1.64. The Balaban J connectivity index is 2.76. The van der Waals surface area contributed by atoms with Crippen LogP contribution >= 0.6 is 11.6 Å². The molecule has 1 rings (SSSR count). The molecule has 2 nitrogen and oxygen atoms in total. The Kier molecular flexibility index (Phi) is 4.85. The maximum atomic E-state index is 13.7. The molecule has 0 saturated heterocycles. The van der Waals surface area contributed by atoms with Crippen molar-refractivity contribution in [3.8, 4) is 5.75 Å². The van der Waals surface area contributed by atoms with Crippen LogP contribution in [0.2, 0.25) is 0 Å². The van der Waals surface area contributed by atoms with E-state index in [-0.39, 0.29) is 11.6 Å². The van der Waals surface area contributed by atoms with Crippen molar-refractivity contribution in [1.29, 1.82) is 0 Å². The van der Waals surface area contributed by atoms with Gasteiger partial charge in [0.25, 0.3) is 0 Å². The third kappa shape index (κ3) is 3.36. The Hall–Kier alpha value is -0.800. The number of hydrogen-bond donors (Lipinski definition) is 0. The van der Waals surface area contributed by atoms with Gasteiger partial charge in [0.2, 0.25) is 0 Å². The molecule has 0 amide bonds. The molecule has 84 valence electrons. The predicted octanol–water partition coefficient (Wildman–Crippen LogP) is 2.50. The van der Waals surface area contributed by atoms with Crippen molar-refractivity contribution in [3.63, 3.8) is 0 Å². The summed E-state index contributed by atoms with van der Waals surface area (Å²) in [7, 11) is 3.37. The van der Waals surface area contributed by atoms with Crippen molar-refractivity contribution in [1.82, 2.24) is 4.90 Å². The normalized spacial score (nSPS) is 10.7. The molecular formula is C11H15ClFNO. The second kappa shape index (κ2) is 5.93. The Labute approximate surface area is 94.6 Å². The molecular weight excluding hydrogens is 217 g/mol. The molecule has 1 aromatic carbocycles. The van der Waals surface area contributed by atoms with Gasteiger partial charge >= 0.3 is 0 Å². The molecule has 0 atom stereocenters. The van der Waals surface area contributed by atoms with Gasteiger partial charge in [0.05, 0.1) is 7.11 Å². The van der Waals surface area contributed by atoms with E-state index in [0.29, 0.717) is 18.0 Å². The van der Waals surface area contributed by atoms with E-state index in [4.69, 9.17) is 16.3 Å². The minimum Gasteiger partial charge on any atom is -0.494 e. The third-order valence-electron chi connectivity index (χ3n) is 2.17. The van der Waals surface area contributed by atoms with E-state index < -0.39 is 0 Å². The van der Waals surface area contributed by atoms with Gasteiger partial charge in [-0.15, -0.1) is 11.6 Å². The fourth-order valence-electron chi connectivity index (χ4n) is 1.35. The molecule has 0 bridgehead atoms. The summed E-state index contributed by atoms with van der Waals surface area (Å²) in [4.78, 5) is 1.96. The number of methoxy groups -OCH3 is 1. The number of nitrogens with zero attached hydrogens (tertiary/aromatic N) is 1. The van der Waals surface area contributed by atoms with Gasteiger partial charge in [-0.25, -0.2) is 4.39 Å². The van der Waals surface area contributed by atoms with Crippen LogP contribution in [0.4, 0.5) is 4.39 Å². The monoisotopic (exact) mass is 231 g/mol. The Morgan fingerprint density at radius 3 is 2.80 bits per heavy atom. The largest absolute Gasteiger partial charge is 0.494 e. The molecule has 0 aliphatic carbocycles. The van der Waals surface area contributed by atoms with Crippen LogP contribution in [0.25, 0.3) is 0 Å². The molecule has 0 saturated carbocycles. The van der Waals surface area contributed by atoms with E-state index in [1.807, 2.05) is 11.9 Å². The van der Waals surface area contributed by atoms with E-state index in [9.17, 15) is 4.39 Å². The van der Waals surface area contributed by atoms with Crippen LogP contribution in [0.1, 0.15) is 5.56 Å². The molecule has 4 heteroatoms. The SMILES string of the molecule is COc1cccc(CN(C)CCCl)c1F. The van der Waals surface area contributed by atoms with Crippen molar-refractivity contribution in [2.75, 3.05) is 26.6 Å². The Morgan fingerprint density at radius 2 is 2.20 bits per heavy atom. The highest BCUT2D eigenvalue weighted by atomic mass is 35.5. The number of ether oxygens (including phenoxy) is 1. The van der Waals surface area contributed by atoms with Gasteiger partial charge in [-0.1, -0.05) is 12.1 Å². The Bertz CT molecular complexity index is 319. The average Bonchev–Trinajstić information content (AvgIpc) is 2.21. The van der Waals surface area contributed by atoms with Gasteiger partial charge in [0, 0.05) is 24.5 Å². The number of rotatable bonds is 5. The molecule has 0 N–H and O–H groups in total. The van der Waals surface area contributed by atoms with Crippen LogP contribution in [-0.4, -0.2) is 31.5 Å². The number of hydrogen-bond acceptors (Lipinski definition) is 2. The van der Waals surface area contributed by atoms with E-state index in [1.54, 1.807) is 18.2 Å². The topological polar surface area (TPSA) is 12.5 Å². The zero-order chi connectivity index (χ0) is 11.3. The predicted molar refractivity (Wildman–Crippen MR) is 60.0 cm³/mol.